The highest BCUT2D eigenvalue weighted by Crippen LogP contribution is 2.12. The standard InChI is InChI=1S/C14H24N2O4/c1-3-12(17)15-5-4-6-16(8-7-15)13(18)9-11(2)10-14(19)20/h11H,3-10H2,1-2H3,(H,19,20). The van der Waals surface area contributed by atoms with Gasteiger partial charge in [-0.25, -0.2) is 0 Å². The minimum Gasteiger partial charge on any atom is -0.481 e. The fourth-order valence-corrected chi connectivity index (χ4v) is 2.44. The van der Waals surface area contributed by atoms with Crippen molar-refractivity contribution in [2.45, 2.75) is 39.5 Å². The van der Waals surface area contributed by atoms with E-state index in [0.717, 1.165) is 6.42 Å². The van der Waals surface area contributed by atoms with E-state index in [-0.39, 0.29) is 30.6 Å². The van der Waals surface area contributed by atoms with Crippen molar-refractivity contribution >= 4 is 17.8 Å². The minimum atomic E-state index is -0.874. The van der Waals surface area contributed by atoms with E-state index in [9.17, 15) is 14.4 Å². The first kappa shape index (κ1) is 16.5. The highest BCUT2D eigenvalue weighted by atomic mass is 16.4. The summed E-state index contributed by atoms with van der Waals surface area (Å²) in [5.74, 6) is -0.916. The van der Waals surface area contributed by atoms with E-state index in [2.05, 4.69) is 0 Å². The molecule has 6 heteroatoms. The van der Waals surface area contributed by atoms with Gasteiger partial charge in [-0.15, -0.1) is 0 Å². The maximum atomic E-state index is 12.1. The molecule has 0 saturated carbocycles. The van der Waals surface area contributed by atoms with Gasteiger partial charge in [-0.1, -0.05) is 13.8 Å². The molecule has 0 spiro atoms. The molecule has 1 N–H and O–H groups in total. The van der Waals surface area contributed by atoms with Gasteiger partial charge >= 0.3 is 5.97 Å². The first-order chi connectivity index (χ1) is 9.43. The number of carbonyl (C=O) groups excluding carboxylic acids is 2. The molecule has 6 nitrogen and oxygen atoms in total. The summed E-state index contributed by atoms with van der Waals surface area (Å²) in [5.41, 5.74) is 0. The second-order valence-corrected chi connectivity index (χ2v) is 5.38. The average Bonchev–Trinajstić information content (AvgIpc) is 2.62. The van der Waals surface area contributed by atoms with E-state index >= 15 is 0 Å². The average molecular weight is 284 g/mol. The van der Waals surface area contributed by atoms with Gasteiger partial charge in [0.1, 0.15) is 0 Å². The van der Waals surface area contributed by atoms with Crippen LogP contribution in [-0.4, -0.2) is 58.9 Å². The lowest BCUT2D eigenvalue weighted by Gasteiger charge is -2.23. The van der Waals surface area contributed by atoms with Gasteiger partial charge in [0.2, 0.25) is 11.8 Å². The van der Waals surface area contributed by atoms with Crippen LogP contribution < -0.4 is 0 Å². The van der Waals surface area contributed by atoms with Crippen LogP contribution in [-0.2, 0) is 14.4 Å². The number of nitrogens with zero attached hydrogens (tertiary/aromatic N) is 2. The summed E-state index contributed by atoms with van der Waals surface area (Å²) < 4.78 is 0. The van der Waals surface area contributed by atoms with Gasteiger partial charge in [0.15, 0.2) is 0 Å². The van der Waals surface area contributed by atoms with E-state index in [1.807, 2.05) is 6.92 Å². The lowest BCUT2D eigenvalue weighted by molar-refractivity contribution is -0.139. The molecule has 1 fully saturated rings. The molecule has 1 saturated heterocycles. The van der Waals surface area contributed by atoms with Crippen LogP contribution in [0.5, 0.6) is 0 Å². The maximum absolute atomic E-state index is 12.1. The van der Waals surface area contributed by atoms with Gasteiger partial charge in [0.25, 0.3) is 0 Å². The van der Waals surface area contributed by atoms with E-state index in [1.165, 1.54) is 0 Å². The molecule has 1 aliphatic heterocycles. The first-order valence-electron chi connectivity index (χ1n) is 7.21. The van der Waals surface area contributed by atoms with Crippen molar-refractivity contribution in [2.24, 2.45) is 5.92 Å². The van der Waals surface area contributed by atoms with Gasteiger partial charge in [0.05, 0.1) is 0 Å². The molecular formula is C14H24N2O4. The number of aliphatic carboxylic acids is 1. The molecule has 1 heterocycles. The van der Waals surface area contributed by atoms with Gasteiger partial charge in [-0.2, -0.15) is 0 Å². The van der Waals surface area contributed by atoms with E-state index in [0.29, 0.717) is 32.6 Å². The number of hydrogen-bond acceptors (Lipinski definition) is 3. The molecule has 1 unspecified atom stereocenters. The normalized spacial score (nSPS) is 17.5. The van der Waals surface area contributed by atoms with Crippen LogP contribution in [0, 0.1) is 5.92 Å². The van der Waals surface area contributed by atoms with Crippen molar-refractivity contribution in [3.63, 3.8) is 0 Å². The Bertz CT molecular complexity index is 370. The van der Waals surface area contributed by atoms with Crippen LogP contribution in [0.25, 0.3) is 0 Å². The summed E-state index contributed by atoms with van der Waals surface area (Å²) in [6, 6.07) is 0. The van der Waals surface area contributed by atoms with Gasteiger partial charge in [0, 0.05) is 45.4 Å². The molecule has 0 aromatic rings. The third-order valence-corrected chi connectivity index (χ3v) is 3.55. The van der Waals surface area contributed by atoms with Gasteiger partial charge in [-0.3, -0.25) is 14.4 Å². The Balaban J connectivity index is 2.46. The first-order valence-corrected chi connectivity index (χ1v) is 7.21. The molecule has 0 aliphatic carbocycles. The second kappa shape index (κ2) is 7.87. The molecule has 114 valence electrons. The Morgan fingerprint density at radius 3 is 2.05 bits per heavy atom. The monoisotopic (exact) mass is 284 g/mol. The summed E-state index contributed by atoms with van der Waals surface area (Å²) in [5, 5.41) is 8.71. The number of amides is 2. The minimum absolute atomic E-state index is 0.00968. The Morgan fingerprint density at radius 2 is 1.55 bits per heavy atom. The summed E-state index contributed by atoms with van der Waals surface area (Å²) in [6.45, 7) is 6.07. The molecule has 1 atom stereocenters. The van der Waals surface area contributed by atoms with Crippen LogP contribution in [0.15, 0.2) is 0 Å². The molecule has 1 rings (SSSR count). The summed E-state index contributed by atoms with van der Waals surface area (Å²) in [6.07, 6.45) is 1.54. The topological polar surface area (TPSA) is 77.9 Å². The molecule has 0 bridgehead atoms. The third-order valence-electron chi connectivity index (χ3n) is 3.55. The van der Waals surface area contributed by atoms with Crippen LogP contribution in [0.3, 0.4) is 0 Å². The second-order valence-electron chi connectivity index (χ2n) is 5.38. The van der Waals surface area contributed by atoms with Crippen LogP contribution in [0.2, 0.25) is 0 Å². The number of carbonyl (C=O) groups is 3. The summed E-state index contributed by atoms with van der Waals surface area (Å²) >= 11 is 0. The lowest BCUT2D eigenvalue weighted by Crippen LogP contribution is -2.37. The third kappa shape index (κ3) is 5.19. The fraction of sp³-hybridized carbons (Fsp3) is 0.786. The molecule has 2 amide bonds. The van der Waals surface area contributed by atoms with Crippen LogP contribution in [0.1, 0.15) is 39.5 Å². The zero-order valence-corrected chi connectivity index (χ0v) is 12.3. The summed E-state index contributed by atoms with van der Waals surface area (Å²) in [7, 11) is 0. The van der Waals surface area contributed by atoms with Gasteiger partial charge < -0.3 is 14.9 Å². The molecule has 0 aromatic carbocycles. The Kier molecular flexibility index (Phi) is 6.48. The zero-order chi connectivity index (χ0) is 15.1. The lowest BCUT2D eigenvalue weighted by atomic mass is 10.0. The van der Waals surface area contributed by atoms with Crippen molar-refractivity contribution in [3.8, 4) is 0 Å². The zero-order valence-electron chi connectivity index (χ0n) is 12.3. The Hall–Kier alpha value is -1.59. The molecule has 1 aliphatic rings. The fourth-order valence-electron chi connectivity index (χ4n) is 2.44. The van der Waals surface area contributed by atoms with E-state index in [1.54, 1.807) is 16.7 Å². The Labute approximate surface area is 119 Å². The predicted octanol–water partition coefficient (Wildman–Crippen LogP) is 0.958. The van der Waals surface area contributed by atoms with Crippen molar-refractivity contribution < 1.29 is 19.5 Å². The number of hydrogen-bond donors (Lipinski definition) is 1. The number of carboxylic acid groups (broad SMARTS) is 1. The van der Waals surface area contributed by atoms with Crippen molar-refractivity contribution in [1.29, 1.82) is 0 Å². The Morgan fingerprint density at radius 1 is 1.00 bits per heavy atom. The van der Waals surface area contributed by atoms with E-state index < -0.39 is 5.97 Å². The van der Waals surface area contributed by atoms with Crippen LogP contribution >= 0.6 is 0 Å². The van der Waals surface area contributed by atoms with Gasteiger partial charge in [-0.05, 0) is 12.3 Å². The van der Waals surface area contributed by atoms with Crippen molar-refractivity contribution in [1.82, 2.24) is 9.80 Å². The predicted molar refractivity (Wildman–Crippen MR) is 74.1 cm³/mol. The van der Waals surface area contributed by atoms with E-state index in [4.69, 9.17) is 5.11 Å². The van der Waals surface area contributed by atoms with Crippen LogP contribution in [0.4, 0.5) is 0 Å². The molecule has 20 heavy (non-hydrogen) atoms. The molecule has 0 aromatic heterocycles. The van der Waals surface area contributed by atoms with Crippen molar-refractivity contribution in [3.05, 3.63) is 0 Å². The highest BCUT2D eigenvalue weighted by Gasteiger charge is 2.22. The number of rotatable bonds is 5. The maximum Gasteiger partial charge on any atom is 0.303 e. The highest BCUT2D eigenvalue weighted by molar-refractivity contribution is 5.78. The SMILES string of the molecule is CCC(=O)N1CCCN(C(=O)CC(C)CC(=O)O)CC1. The largest absolute Gasteiger partial charge is 0.481 e. The quantitative estimate of drug-likeness (QED) is 0.815. The van der Waals surface area contributed by atoms with Crippen molar-refractivity contribution in [2.75, 3.05) is 26.2 Å². The molecular weight excluding hydrogens is 260 g/mol. The summed E-state index contributed by atoms with van der Waals surface area (Å²) in [4.78, 5) is 37.9. The number of carboxylic acids is 1. The molecule has 0 radical (unpaired) electrons. The smallest absolute Gasteiger partial charge is 0.303 e.